The number of H-pyrrole nitrogens is 1. The van der Waals surface area contributed by atoms with Crippen LogP contribution in [0.3, 0.4) is 0 Å². The fraction of sp³-hybridized carbons (Fsp3) is 0.467. The maximum absolute atomic E-state index is 12.6. The fourth-order valence-corrected chi connectivity index (χ4v) is 2.57. The average molecular weight is 273 g/mol. The van der Waals surface area contributed by atoms with Gasteiger partial charge in [-0.05, 0) is 25.0 Å². The summed E-state index contributed by atoms with van der Waals surface area (Å²) in [6.07, 6.45) is 5.44. The third-order valence-electron chi connectivity index (χ3n) is 3.74. The van der Waals surface area contributed by atoms with Gasteiger partial charge in [0.2, 0.25) is 0 Å². The van der Waals surface area contributed by atoms with Crippen molar-refractivity contribution in [3.63, 3.8) is 0 Å². The van der Waals surface area contributed by atoms with Crippen molar-refractivity contribution in [2.45, 2.75) is 25.9 Å². The predicted molar refractivity (Wildman–Crippen MR) is 76.6 cm³/mol. The summed E-state index contributed by atoms with van der Waals surface area (Å²) in [6.45, 7) is 4.24. The summed E-state index contributed by atoms with van der Waals surface area (Å²) in [5, 5.41) is 0.967. The SMILES string of the molecule is CCC1CN(C(=O)c2cnc3[nH]ccc3c2)CCCO1. The van der Waals surface area contributed by atoms with E-state index in [1.54, 1.807) is 6.20 Å². The molecule has 0 spiro atoms. The molecule has 20 heavy (non-hydrogen) atoms. The van der Waals surface area contributed by atoms with Gasteiger partial charge in [-0.2, -0.15) is 0 Å². The van der Waals surface area contributed by atoms with Gasteiger partial charge in [-0.25, -0.2) is 4.98 Å². The van der Waals surface area contributed by atoms with Crippen molar-refractivity contribution < 1.29 is 9.53 Å². The molecule has 0 aliphatic carbocycles. The number of hydrogen-bond donors (Lipinski definition) is 1. The Bertz CT molecular complexity index is 608. The number of nitrogens with one attached hydrogen (secondary N) is 1. The number of pyridine rings is 1. The molecule has 0 aromatic carbocycles. The van der Waals surface area contributed by atoms with Gasteiger partial charge < -0.3 is 14.6 Å². The lowest BCUT2D eigenvalue weighted by molar-refractivity contribution is 0.0460. The summed E-state index contributed by atoms with van der Waals surface area (Å²) >= 11 is 0. The Morgan fingerprint density at radius 1 is 1.60 bits per heavy atom. The maximum Gasteiger partial charge on any atom is 0.255 e. The Morgan fingerprint density at radius 3 is 3.35 bits per heavy atom. The first-order valence-corrected chi connectivity index (χ1v) is 7.12. The summed E-state index contributed by atoms with van der Waals surface area (Å²) in [4.78, 5) is 21.8. The molecule has 1 atom stereocenters. The van der Waals surface area contributed by atoms with Crippen LogP contribution in [0.1, 0.15) is 30.1 Å². The van der Waals surface area contributed by atoms with Crippen molar-refractivity contribution in [3.05, 3.63) is 30.1 Å². The quantitative estimate of drug-likeness (QED) is 0.912. The van der Waals surface area contributed by atoms with Crippen LogP contribution in [-0.4, -0.2) is 46.6 Å². The molecule has 1 saturated heterocycles. The largest absolute Gasteiger partial charge is 0.376 e. The van der Waals surface area contributed by atoms with Crippen molar-refractivity contribution >= 4 is 16.9 Å². The number of aromatic amines is 1. The van der Waals surface area contributed by atoms with Crippen LogP contribution in [0, 0.1) is 0 Å². The summed E-state index contributed by atoms with van der Waals surface area (Å²) in [5.41, 5.74) is 1.46. The summed E-state index contributed by atoms with van der Waals surface area (Å²) in [6, 6.07) is 3.83. The van der Waals surface area contributed by atoms with Crippen LogP contribution in [0.4, 0.5) is 0 Å². The van der Waals surface area contributed by atoms with E-state index in [9.17, 15) is 4.79 Å². The molecule has 3 rings (SSSR count). The van der Waals surface area contributed by atoms with Crippen LogP contribution < -0.4 is 0 Å². The van der Waals surface area contributed by atoms with Gasteiger partial charge in [-0.15, -0.1) is 0 Å². The van der Waals surface area contributed by atoms with Crippen molar-refractivity contribution in [1.29, 1.82) is 0 Å². The lowest BCUT2D eigenvalue weighted by Crippen LogP contribution is -2.36. The van der Waals surface area contributed by atoms with E-state index in [0.717, 1.165) is 37.0 Å². The Morgan fingerprint density at radius 2 is 2.50 bits per heavy atom. The van der Waals surface area contributed by atoms with E-state index >= 15 is 0 Å². The number of hydrogen-bond acceptors (Lipinski definition) is 3. The molecule has 1 amide bonds. The molecular weight excluding hydrogens is 254 g/mol. The highest BCUT2D eigenvalue weighted by Gasteiger charge is 2.22. The molecule has 5 nitrogen and oxygen atoms in total. The van der Waals surface area contributed by atoms with Gasteiger partial charge in [0.1, 0.15) is 5.65 Å². The van der Waals surface area contributed by atoms with E-state index in [1.807, 2.05) is 23.2 Å². The second kappa shape index (κ2) is 5.63. The maximum atomic E-state index is 12.6. The number of amides is 1. The molecule has 3 heterocycles. The van der Waals surface area contributed by atoms with Crippen molar-refractivity contribution in [1.82, 2.24) is 14.9 Å². The van der Waals surface area contributed by atoms with E-state index in [1.165, 1.54) is 0 Å². The standard InChI is InChI=1S/C15H19N3O2/c1-2-13-10-18(6-3-7-20-13)15(19)12-8-11-4-5-16-14(11)17-9-12/h4-5,8-9,13H,2-3,6-7,10H2,1H3,(H,16,17). The normalized spacial score (nSPS) is 20.1. The van der Waals surface area contributed by atoms with Crippen LogP contribution in [0.2, 0.25) is 0 Å². The Balaban J connectivity index is 1.82. The van der Waals surface area contributed by atoms with Crippen molar-refractivity contribution in [3.8, 4) is 0 Å². The Labute approximate surface area is 117 Å². The molecule has 1 aliphatic heterocycles. The highest BCUT2D eigenvalue weighted by atomic mass is 16.5. The van der Waals surface area contributed by atoms with E-state index in [2.05, 4.69) is 16.9 Å². The average Bonchev–Trinajstić information content (AvgIpc) is 2.81. The number of nitrogens with zero attached hydrogens (tertiary/aromatic N) is 2. The van der Waals surface area contributed by atoms with Gasteiger partial charge in [-0.1, -0.05) is 6.92 Å². The van der Waals surface area contributed by atoms with E-state index in [4.69, 9.17) is 4.74 Å². The predicted octanol–water partition coefficient (Wildman–Crippen LogP) is 2.20. The minimum Gasteiger partial charge on any atom is -0.376 e. The van der Waals surface area contributed by atoms with E-state index in [-0.39, 0.29) is 12.0 Å². The summed E-state index contributed by atoms with van der Waals surface area (Å²) < 4.78 is 5.71. The Kier molecular flexibility index (Phi) is 3.69. The number of carbonyl (C=O) groups is 1. The monoisotopic (exact) mass is 273 g/mol. The van der Waals surface area contributed by atoms with Crippen LogP contribution >= 0.6 is 0 Å². The van der Waals surface area contributed by atoms with Crippen LogP contribution in [-0.2, 0) is 4.74 Å². The molecule has 2 aromatic rings. The van der Waals surface area contributed by atoms with Crippen molar-refractivity contribution in [2.24, 2.45) is 0 Å². The van der Waals surface area contributed by atoms with Crippen molar-refractivity contribution in [2.75, 3.05) is 19.7 Å². The molecule has 0 saturated carbocycles. The number of rotatable bonds is 2. The molecular formula is C15H19N3O2. The highest BCUT2D eigenvalue weighted by Crippen LogP contribution is 2.16. The first kappa shape index (κ1) is 13.1. The van der Waals surface area contributed by atoms with Crippen LogP contribution in [0.25, 0.3) is 11.0 Å². The minimum absolute atomic E-state index is 0.0459. The van der Waals surface area contributed by atoms with Crippen LogP contribution in [0.5, 0.6) is 0 Å². The highest BCUT2D eigenvalue weighted by molar-refractivity contribution is 5.96. The number of carbonyl (C=O) groups excluding carboxylic acids is 1. The molecule has 2 aromatic heterocycles. The molecule has 5 heteroatoms. The fourth-order valence-electron chi connectivity index (χ4n) is 2.57. The zero-order chi connectivity index (χ0) is 13.9. The van der Waals surface area contributed by atoms with Crippen LogP contribution in [0.15, 0.2) is 24.5 Å². The van der Waals surface area contributed by atoms with Gasteiger partial charge in [0, 0.05) is 37.5 Å². The van der Waals surface area contributed by atoms with Gasteiger partial charge in [0.05, 0.1) is 11.7 Å². The third-order valence-corrected chi connectivity index (χ3v) is 3.74. The van der Waals surface area contributed by atoms with Gasteiger partial charge >= 0.3 is 0 Å². The zero-order valence-electron chi connectivity index (χ0n) is 11.6. The molecule has 0 bridgehead atoms. The second-order valence-electron chi connectivity index (χ2n) is 5.15. The summed E-state index contributed by atoms with van der Waals surface area (Å²) in [7, 11) is 0. The minimum atomic E-state index is 0.0459. The first-order chi connectivity index (χ1) is 9.78. The molecule has 0 radical (unpaired) electrons. The van der Waals surface area contributed by atoms with E-state index < -0.39 is 0 Å². The van der Waals surface area contributed by atoms with E-state index in [0.29, 0.717) is 12.1 Å². The van der Waals surface area contributed by atoms with Gasteiger partial charge in [0.15, 0.2) is 0 Å². The topological polar surface area (TPSA) is 58.2 Å². The second-order valence-corrected chi connectivity index (χ2v) is 5.15. The molecule has 1 unspecified atom stereocenters. The number of aromatic nitrogens is 2. The lowest BCUT2D eigenvalue weighted by Gasteiger charge is -2.23. The molecule has 1 fully saturated rings. The molecule has 106 valence electrons. The Hall–Kier alpha value is -1.88. The zero-order valence-corrected chi connectivity index (χ0v) is 11.6. The van der Waals surface area contributed by atoms with Gasteiger partial charge in [0.25, 0.3) is 5.91 Å². The molecule has 1 aliphatic rings. The smallest absolute Gasteiger partial charge is 0.255 e. The first-order valence-electron chi connectivity index (χ1n) is 7.12. The lowest BCUT2D eigenvalue weighted by atomic mass is 10.2. The summed E-state index contributed by atoms with van der Waals surface area (Å²) in [5.74, 6) is 0.0459. The third kappa shape index (κ3) is 2.54. The number of fused-ring (bicyclic) bond motifs is 1. The number of ether oxygens (including phenoxy) is 1. The molecule has 1 N–H and O–H groups in total. The van der Waals surface area contributed by atoms with Gasteiger partial charge in [-0.3, -0.25) is 4.79 Å².